The Labute approximate surface area is 225 Å². The van der Waals surface area contributed by atoms with Crippen LogP contribution in [0.5, 0.6) is 0 Å². The number of fused-ring (bicyclic) bond motifs is 1. The average molecular weight is 536 g/mol. The molecule has 2 saturated heterocycles. The van der Waals surface area contributed by atoms with Crippen molar-refractivity contribution in [1.29, 1.82) is 5.26 Å². The SMILES string of the molecule is CO[C@@H]1COC[C@H]1Nc1cc(NC(=O)N2CCCc3cc(CN4CCOCC4=O)c(C=O)nc32)ncc1C#N. The molecular weight excluding hydrogens is 506 g/mol. The number of nitrogens with zero attached hydrogens (tertiary/aromatic N) is 5. The number of urea groups is 1. The molecule has 5 heterocycles. The van der Waals surface area contributed by atoms with E-state index in [1.807, 2.05) is 6.07 Å². The fraction of sp³-hybridized carbons (Fsp3) is 0.462. The van der Waals surface area contributed by atoms with Gasteiger partial charge in [-0.3, -0.25) is 19.8 Å². The highest BCUT2D eigenvalue weighted by Gasteiger charge is 2.30. The molecule has 5 rings (SSSR count). The summed E-state index contributed by atoms with van der Waals surface area (Å²) in [5.41, 5.74) is 2.46. The fourth-order valence-electron chi connectivity index (χ4n) is 4.92. The molecule has 3 amide bonds. The van der Waals surface area contributed by atoms with Gasteiger partial charge in [-0.2, -0.15) is 5.26 Å². The van der Waals surface area contributed by atoms with E-state index in [0.717, 1.165) is 5.56 Å². The monoisotopic (exact) mass is 535 g/mol. The van der Waals surface area contributed by atoms with Crippen LogP contribution in [-0.4, -0.2) is 91.9 Å². The summed E-state index contributed by atoms with van der Waals surface area (Å²) in [5, 5.41) is 15.6. The minimum atomic E-state index is -0.460. The standard InChI is InChI=1S/C26H29N7O6/c1-37-22-14-39-13-21(22)29-19-8-23(28-10-18(19)9-27)31-26(36)33-4-2-3-16-7-17(20(12-34)30-25(16)33)11-32-5-6-38-15-24(32)35/h7-8,10,12,21-22H,2-6,11,13-15H2,1H3,(H2,28,29,31,36)/t21-,22-/m1/s1. The van der Waals surface area contributed by atoms with Crippen LogP contribution >= 0.6 is 0 Å². The Hall–Kier alpha value is -4.12. The van der Waals surface area contributed by atoms with Gasteiger partial charge in [-0.25, -0.2) is 14.8 Å². The number of hydrogen-bond donors (Lipinski definition) is 2. The Morgan fingerprint density at radius 1 is 1.31 bits per heavy atom. The summed E-state index contributed by atoms with van der Waals surface area (Å²) in [4.78, 5) is 49.3. The molecule has 2 N–H and O–H groups in total. The molecule has 3 aliphatic rings. The Bertz CT molecular complexity index is 1310. The first kappa shape index (κ1) is 26.5. The summed E-state index contributed by atoms with van der Waals surface area (Å²) in [5.74, 6) is 0.509. The first-order valence-electron chi connectivity index (χ1n) is 12.7. The zero-order valence-corrected chi connectivity index (χ0v) is 21.5. The molecule has 204 valence electrons. The van der Waals surface area contributed by atoms with E-state index in [0.29, 0.717) is 74.7 Å². The molecule has 0 spiro atoms. The van der Waals surface area contributed by atoms with E-state index in [-0.39, 0.29) is 42.7 Å². The zero-order chi connectivity index (χ0) is 27.4. The van der Waals surface area contributed by atoms with Crippen molar-refractivity contribution < 1.29 is 28.6 Å². The number of ether oxygens (including phenoxy) is 3. The lowest BCUT2D eigenvalue weighted by molar-refractivity contribution is -0.143. The first-order chi connectivity index (χ1) is 19.0. The predicted molar refractivity (Wildman–Crippen MR) is 139 cm³/mol. The summed E-state index contributed by atoms with van der Waals surface area (Å²) in [6.07, 6.45) is 3.25. The molecule has 13 nitrogen and oxygen atoms in total. The van der Waals surface area contributed by atoms with Gasteiger partial charge in [0.15, 0.2) is 6.29 Å². The van der Waals surface area contributed by atoms with Gasteiger partial charge in [-0.15, -0.1) is 0 Å². The predicted octanol–water partition coefficient (Wildman–Crippen LogP) is 1.33. The van der Waals surface area contributed by atoms with Gasteiger partial charge in [0.05, 0.1) is 37.1 Å². The molecule has 0 radical (unpaired) electrons. The second-order valence-corrected chi connectivity index (χ2v) is 9.48. The Morgan fingerprint density at radius 3 is 2.95 bits per heavy atom. The number of amides is 3. The highest BCUT2D eigenvalue weighted by molar-refractivity contribution is 6.02. The molecule has 2 atom stereocenters. The average Bonchev–Trinajstić information content (AvgIpc) is 3.40. The molecule has 2 aromatic heterocycles. The number of aromatic nitrogens is 2. The quantitative estimate of drug-likeness (QED) is 0.495. The van der Waals surface area contributed by atoms with Crippen LogP contribution in [0.4, 0.5) is 22.1 Å². The lowest BCUT2D eigenvalue weighted by Crippen LogP contribution is -2.42. The summed E-state index contributed by atoms with van der Waals surface area (Å²) in [7, 11) is 1.60. The molecule has 0 unspecified atom stereocenters. The highest BCUT2D eigenvalue weighted by atomic mass is 16.5. The number of aldehydes is 1. The van der Waals surface area contributed by atoms with Gasteiger partial charge < -0.3 is 24.4 Å². The Balaban J connectivity index is 1.35. The van der Waals surface area contributed by atoms with Crippen LogP contribution in [0.25, 0.3) is 0 Å². The Morgan fingerprint density at radius 2 is 2.18 bits per heavy atom. The number of hydrogen-bond acceptors (Lipinski definition) is 10. The minimum absolute atomic E-state index is 0.0186. The van der Waals surface area contributed by atoms with Gasteiger partial charge in [0.2, 0.25) is 5.91 Å². The number of pyridine rings is 2. The van der Waals surface area contributed by atoms with E-state index in [1.54, 1.807) is 18.1 Å². The molecule has 2 fully saturated rings. The van der Waals surface area contributed by atoms with Crippen LogP contribution in [0.2, 0.25) is 0 Å². The van der Waals surface area contributed by atoms with E-state index in [4.69, 9.17) is 14.2 Å². The topological polar surface area (TPSA) is 159 Å². The van der Waals surface area contributed by atoms with Crippen LogP contribution in [0, 0.1) is 11.3 Å². The van der Waals surface area contributed by atoms with Crippen molar-refractivity contribution >= 4 is 35.5 Å². The lowest BCUT2D eigenvalue weighted by Gasteiger charge is -2.31. The molecule has 0 aliphatic carbocycles. The summed E-state index contributed by atoms with van der Waals surface area (Å²) < 4.78 is 16.1. The molecule has 39 heavy (non-hydrogen) atoms. The molecule has 13 heteroatoms. The number of aryl methyl sites for hydroxylation is 1. The summed E-state index contributed by atoms with van der Waals surface area (Å²) in [6.45, 7) is 2.42. The van der Waals surface area contributed by atoms with Crippen molar-refractivity contribution in [3.05, 3.63) is 40.7 Å². The smallest absolute Gasteiger partial charge is 0.328 e. The third-order valence-corrected chi connectivity index (χ3v) is 7.01. The number of carbonyl (C=O) groups excluding carboxylic acids is 3. The molecule has 0 saturated carbocycles. The fourth-order valence-corrected chi connectivity index (χ4v) is 4.92. The molecule has 3 aliphatic heterocycles. The maximum Gasteiger partial charge on any atom is 0.328 e. The number of rotatable bonds is 7. The van der Waals surface area contributed by atoms with Crippen molar-refractivity contribution in [2.75, 3.05) is 62.2 Å². The maximum atomic E-state index is 13.3. The number of carbonyl (C=O) groups is 3. The van der Waals surface area contributed by atoms with E-state index >= 15 is 0 Å². The van der Waals surface area contributed by atoms with E-state index in [9.17, 15) is 19.6 Å². The number of nitriles is 1. The van der Waals surface area contributed by atoms with E-state index in [1.165, 1.54) is 11.1 Å². The molecule has 0 bridgehead atoms. The number of morpholine rings is 1. The third kappa shape index (κ3) is 5.68. The van der Waals surface area contributed by atoms with Gasteiger partial charge in [0, 0.05) is 44.6 Å². The normalized spacial score (nSPS) is 20.8. The highest BCUT2D eigenvalue weighted by Crippen LogP contribution is 2.29. The van der Waals surface area contributed by atoms with Gasteiger partial charge in [-0.05, 0) is 24.5 Å². The van der Waals surface area contributed by atoms with Gasteiger partial charge in [0.25, 0.3) is 0 Å². The summed E-state index contributed by atoms with van der Waals surface area (Å²) in [6, 6.07) is 4.94. The number of anilines is 3. The van der Waals surface area contributed by atoms with Crippen LogP contribution in [0.3, 0.4) is 0 Å². The molecule has 0 aromatic carbocycles. The Kier molecular flexibility index (Phi) is 7.97. The number of methoxy groups -OCH3 is 1. The van der Waals surface area contributed by atoms with Crippen molar-refractivity contribution in [3.63, 3.8) is 0 Å². The lowest BCUT2D eigenvalue weighted by atomic mass is 10.0. The van der Waals surface area contributed by atoms with Crippen molar-refractivity contribution in [3.8, 4) is 6.07 Å². The van der Waals surface area contributed by atoms with Crippen molar-refractivity contribution in [2.45, 2.75) is 31.5 Å². The third-order valence-electron chi connectivity index (χ3n) is 7.01. The minimum Gasteiger partial charge on any atom is -0.377 e. The first-order valence-corrected chi connectivity index (χ1v) is 12.7. The van der Waals surface area contributed by atoms with Gasteiger partial charge in [0.1, 0.15) is 36.1 Å². The van der Waals surface area contributed by atoms with Crippen LogP contribution in [0.15, 0.2) is 18.3 Å². The second kappa shape index (κ2) is 11.7. The maximum absolute atomic E-state index is 13.3. The van der Waals surface area contributed by atoms with E-state index in [2.05, 4.69) is 26.7 Å². The van der Waals surface area contributed by atoms with Gasteiger partial charge in [-0.1, -0.05) is 0 Å². The number of nitrogens with one attached hydrogen (secondary N) is 2. The summed E-state index contributed by atoms with van der Waals surface area (Å²) >= 11 is 0. The van der Waals surface area contributed by atoms with Crippen LogP contribution in [-0.2, 0) is 32.0 Å². The van der Waals surface area contributed by atoms with Gasteiger partial charge >= 0.3 is 6.03 Å². The van der Waals surface area contributed by atoms with Crippen LogP contribution in [0.1, 0.15) is 33.6 Å². The van der Waals surface area contributed by atoms with E-state index < -0.39 is 6.03 Å². The zero-order valence-electron chi connectivity index (χ0n) is 21.5. The van der Waals surface area contributed by atoms with Crippen molar-refractivity contribution in [1.82, 2.24) is 14.9 Å². The van der Waals surface area contributed by atoms with Crippen LogP contribution < -0.4 is 15.5 Å². The molecule has 2 aromatic rings. The molecular formula is C26H29N7O6. The van der Waals surface area contributed by atoms with Crippen molar-refractivity contribution in [2.24, 2.45) is 0 Å². The second-order valence-electron chi connectivity index (χ2n) is 9.48. The largest absolute Gasteiger partial charge is 0.377 e.